The maximum atomic E-state index is 16.7. The molecule has 13 heteroatoms. The monoisotopic (exact) mass is 803 g/mol. The molecule has 4 saturated carbocycles. The maximum absolute atomic E-state index is 16.7. The normalized spacial score (nSPS) is 36.0. The third-order valence-electron chi connectivity index (χ3n) is 16.5. The van der Waals surface area contributed by atoms with Crippen molar-refractivity contribution >= 4 is 34.1 Å². The number of Topliss-reactive ketones (excluding diaryl/α,β-unsaturated/α-hetero) is 1. The first-order valence-electron chi connectivity index (χ1n) is 21.5. The molecule has 0 spiro atoms. The van der Waals surface area contributed by atoms with E-state index in [1.807, 2.05) is 22.5 Å². The average Bonchev–Trinajstić information content (AvgIpc) is 3.85. The number of nitrogens with zero attached hydrogens (tertiary/aromatic N) is 3. The van der Waals surface area contributed by atoms with E-state index in [0.717, 1.165) is 57.1 Å². The van der Waals surface area contributed by atoms with E-state index in [0.29, 0.717) is 50.0 Å². The van der Waals surface area contributed by atoms with Gasteiger partial charge in [0.15, 0.2) is 23.1 Å². The Balaban J connectivity index is 0.921. The van der Waals surface area contributed by atoms with Crippen molar-refractivity contribution in [3.63, 3.8) is 0 Å². The summed E-state index contributed by atoms with van der Waals surface area (Å²) in [5.41, 5.74) is -1.41. The van der Waals surface area contributed by atoms with E-state index in [2.05, 4.69) is 11.8 Å². The molecule has 2 aliphatic heterocycles. The van der Waals surface area contributed by atoms with Gasteiger partial charge in [0, 0.05) is 54.8 Å². The Hall–Kier alpha value is -3.65. The number of rotatable bonds is 9. The number of carboxylic acid groups (broad SMARTS) is 1. The second kappa shape index (κ2) is 14.0. The molecule has 12 nitrogen and oxygen atoms in total. The molecule has 0 amide bonds. The number of benzene rings is 1. The van der Waals surface area contributed by atoms with Crippen LogP contribution in [0.15, 0.2) is 16.4 Å². The van der Waals surface area contributed by atoms with Crippen LogP contribution in [-0.4, -0.2) is 100 Å². The largest absolute Gasteiger partial charge is 0.492 e. The average molecular weight is 804 g/mol. The number of pyridine rings is 1. The Labute approximate surface area is 338 Å². The van der Waals surface area contributed by atoms with Crippen LogP contribution in [0.5, 0.6) is 5.75 Å². The predicted octanol–water partition coefficient (Wildman–Crippen LogP) is 5.48. The summed E-state index contributed by atoms with van der Waals surface area (Å²) in [6.45, 7) is 9.03. The molecule has 0 bridgehead atoms. The summed E-state index contributed by atoms with van der Waals surface area (Å²) in [5.74, 6) is -1.47. The molecule has 0 radical (unpaired) electrons. The number of allylic oxidation sites excluding steroid dienone is 1. The number of carbonyl (C=O) groups excluding carboxylic acids is 2. The molecule has 6 fully saturated rings. The summed E-state index contributed by atoms with van der Waals surface area (Å²) in [6.07, 6.45) is 8.82. The lowest BCUT2D eigenvalue weighted by molar-refractivity contribution is -0.184. The van der Waals surface area contributed by atoms with E-state index in [1.54, 1.807) is 6.92 Å². The highest BCUT2D eigenvalue weighted by Crippen LogP contribution is 2.67. The summed E-state index contributed by atoms with van der Waals surface area (Å²) >= 11 is 0. The Morgan fingerprint density at radius 3 is 2.50 bits per heavy atom. The van der Waals surface area contributed by atoms with Crippen molar-refractivity contribution in [2.75, 3.05) is 45.0 Å². The van der Waals surface area contributed by atoms with E-state index in [9.17, 15) is 34.5 Å². The summed E-state index contributed by atoms with van der Waals surface area (Å²) in [5, 5.41) is 34.1. The molecule has 7 aliphatic rings. The molecule has 9 atom stereocenters. The van der Waals surface area contributed by atoms with Crippen LogP contribution < -0.4 is 15.1 Å². The zero-order valence-corrected chi connectivity index (χ0v) is 34.4. The number of hydrogen-bond acceptors (Lipinski definition) is 10. The van der Waals surface area contributed by atoms with Crippen molar-refractivity contribution in [3.05, 3.63) is 44.5 Å². The first-order valence-corrected chi connectivity index (χ1v) is 21.5. The minimum atomic E-state index is -1.62. The van der Waals surface area contributed by atoms with E-state index >= 15 is 4.39 Å². The number of halogens is 1. The van der Waals surface area contributed by atoms with Crippen molar-refractivity contribution in [2.45, 2.75) is 122 Å². The van der Waals surface area contributed by atoms with Crippen LogP contribution in [0.4, 0.5) is 10.1 Å². The van der Waals surface area contributed by atoms with E-state index in [-0.39, 0.29) is 94.0 Å². The lowest BCUT2D eigenvalue weighted by Crippen LogP contribution is -2.62. The van der Waals surface area contributed by atoms with Crippen LogP contribution >= 0.6 is 0 Å². The molecule has 1 aromatic carbocycles. The van der Waals surface area contributed by atoms with Crippen LogP contribution in [0.3, 0.4) is 0 Å². The number of hydrogen-bond donors (Lipinski definition) is 3. The predicted molar refractivity (Wildman–Crippen MR) is 214 cm³/mol. The second-order valence-corrected chi connectivity index (χ2v) is 19.3. The van der Waals surface area contributed by atoms with Gasteiger partial charge in [-0.2, -0.15) is 0 Å². The highest BCUT2D eigenvalue weighted by Gasteiger charge is 2.68. The van der Waals surface area contributed by atoms with Crippen molar-refractivity contribution in [2.24, 2.45) is 34.5 Å². The number of ketones is 2. The summed E-state index contributed by atoms with van der Waals surface area (Å²) in [4.78, 5) is 56.5. The Morgan fingerprint density at radius 1 is 1.03 bits per heavy atom. The summed E-state index contributed by atoms with van der Waals surface area (Å²) in [7, 11) is 1.46. The van der Waals surface area contributed by atoms with Crippen molar-refractivity contribution in [1.82, 2.24) is 9.47 Å². The number of methoxy groups -OCH3 is 1. The number of aliphatic hydroxyl groups is 2. The lowest BCUT2D eigenvalue weighted by Gasteiger charge is -2.60. The molecule has 4 unspecified atom stereocenters. The smallest absolute Gasteiger partial charge is 0.341 e. The molecule has 3 heterocycles. The maximum Gasteiger partial charge on any atom is 0.341 e. The number of ether oxygens (including phenoxy) is 2. The zero-order valence-electron chi connectivity index (χ0n) is 34.4. The van der Waals surface area contributed by atoms with Gasteiger partial charge >= 0.3 is 5.97 Å². The molecule has 9 rings (SSSR count). The van der Waals surface area contributed by atoms with E-state index in [4.69, 9.17) is 9.47 Å². The molecule has 5 aliphatic carbocycles. The molecular weight excluding hydrogens is 746 g/mol. The SMILES string of the molecule is COc1c(N2CC3CCCN(COCC(=O)[C@@]4(O)CC[C@H]5[C@@H]6CCC7=CC(=O)CC[C@]7(C)C6C(O)C[C@@]54C)C3C2)c(F)c(C)c2c(=O)c(C(=O)O)c(C)n(C3CC3)c12. The van der Waals surface area contributed by atoms with Gasteiger partial charge in [0.05, 0.1) is 30.8 Å². The van der Waals surface area contributed by atoms with Gasteiger partial charge in [0.1, 0.15) is 23.5 Å². The minimum absolute atomic E-state index is 0.00515. The highest BCUT2D eigenvalue weighted by atomic mass is 19.1. The van der Waals surface area contributed by atoms with E-state index < -0.39 is 34.3 Å². The van der Waals surface area contributed by atoms with Gasteiger partial charge in [-0.15, -0.1) is 0 Å². The number of anilines is 1. The molecule has 2 saturated heterocycles. The van der Waals surface area contributed by atoms with Gasteiger partial charge in [-0.25, -0.2) is 9.18 Å². The number of piperidine rings is 1. The highest BCUT2D eigenvalue weighted by molar-refractivity contribution is 6.00. The number of fused-ring (bicyclic) bond motifs is 7. The number of carboxylic acids is 1. The van der Waals surface area contributed by atoms with Gasteiger partial charge in [0.2, 0.25) is 5.43 Å². The van der Waals surface area contributed by atoms with Crippen LogP contribution in [0.2, 0.25) is 0 Å². The summed E-state index contributed by atoms with van der Waals surface area (Å²) < 4.78 is 30.7. The quantitative estimate of drug-likeness (QED) is 0.295. The molecule has 314 valence electrons. The third kappa shape index (κ3) is 5.65. The van der Waals surface area contributed by atoms with E-state index in [1.165, 1.54) is 14.0 Å². The topological polar surface area (TPSA) is 159 Å². The molecular formula is C45H58FN3O9. The summed E-state index contributed by atoms with van der Waals surface area (Å²) in [6, 6.07) is -0.0135. The number of aliphatic hydroxyl groups excluding tert-OH is 1. The first kappa shape index (κ1) is 39.8. The molecule has 2 aromatic rings. The lowest BCUT2D eigenvalue weighted by atomic mass is 9.45. The Kier molecular flexibility index (Phi) is 9.58. The number of likely N-dealkylation sites (tertiary alicyclic amines) is 1. The first-order chi connectivity index (χ1) is 27.6. The van der Waals surface area contributed by atoms with Crippen LogP contribution in [0, 0.1) is 54.2 Å². The standard InChI is InChI=1S/C45H58FN3O9/c1-23-34-38(49(27-9-10-27)24(2)35(40(34)53)42(54)55)41(57-5)39(37(23)46)48-19-25-7-6-16-47(31(25)20-48)22-58-21-33(52)45(56)15-13-30-29-11-8-26-17-28(50)12-14-43(26,3)36(29)32(51)18-44(30,45)4/h17,25,27,29-32,36,51,56H,6-16,18-22H2,1-5H3,(H,54,55)/t25?,29-,30-,31?,32?,36?,43-,44-,45-/m0/s1. The van der Waals surface area contributed by atoms with Gasteiger partial charge in [-0.1, -0.05) is 19.4 Å². The number of aryl methyl sites for hydroxylation is 1. The van der Waals surface area contributed by atoms with Crippen LogP contribution in [0.1, 0.15) is 112 Å². The molecule has 1 aromatic heterocycles. The third-order valence-corrected chi connectivity index (χ3v) is 16.5. The molecule has 3 N–H and O–H groups in total. The fourth-order valence-corrected chi connectivity index (χ4v) is 13.5. The molecule has 58 heavy (non-hydrogen) atoms. The number of aromatic nitrogens is 1. The van der Waals surface area contributed by atoms with Crippen molar-refractivity contribution < 1.29 is 43.6 Å². The van der Waals surface area contributed by atoms with Gasteiger partial charge in [0.25, 0.3) is 0 Å². The van der Waals surface area contributed by atoms with Crippen molar-refractivity contribution in [3.8, 4) is 5.75 Å². The van der Waals surface area contributed by atoms with Crippen LogP contribution in [-0.2, 0) is 14.3 Å². The minimum Gasteiger partial charge on any atom is -0.492 e. The zero-order chi connectivity index (χ0) is 41.2. The second-order valence-electron chi connectivity index (χ2n) is 19.3. The van der Waals surface area contributed by atoms with Crippen molar-refractivity contribution in [1.29, 1.82) is 0 Å². The Morgan fingerprint density at radius 2 is 1.79 bits per heavy atom. The van der Waals surface area contributed by atoms with Gasteiger partial charge in [-0.3, -0.25) is 19.3 Å². The Bertz CT molecular complexity index is 2200. The fourth-order valence-electron chi connectivity index (χ4n) is 13.5. The number of aromatic carboxylic acids is 1. The van der Waals surface area contributed by atoms with Gasteiger partial charge in [-0.05, 0) is 113 Å². The van der Waals surface area contributed by atoms with Crippen LogP contribution in [0.25, 0.3) is 10.9 Å². The number of carbonyl (C=O) groups is 3. The fraction of sp³-hybridized carbons (Fsp3) is 0.689. The van der Waals surface area contributed by atoms with Gasteiger partial charge < -0.3 is 34.3 Å².